The first-order valence-electron chi connectivity index (χ1n) is 7.24. The van der Waals surface area contributed by atoms with Crippen molar-refractivity contribution in [3.05, 3.63) is 41.2 Å². The van der Waals surface area contributed by atoms with Crippen LogP contribution < -0.4 is 11.5 Å². The molecule has 2 aromatic rings. The number of benzene rings is 1. The zero-order chi connectivity index (χ0) is 15.6. The summed E-state index contributed by atoms with van der Waals surface area (Å²) in [5.74, 6) is -0.343. The predicted octanol–water partition coefficient (Wildman–Crippen LogP) is 1.35. The maximum atomic E-state index is 11.9. The number of nitrogens with zero attached hydrogens (tertiary/aromatic N) is 2. The maximum Gasteiger partial charge on any atom is 0.269 e. The van der Waals surface area contributed by atoms with Crippen LogP contribution >= 0.6 is 0 Å². The van der Waals surface area contributed by atoms with Crippen LogP contribution in [0.2, 0.25) is 0 Å². The maximum absolute atomic E-state index is 11.9. The van der Waals surface area contributed by atoms with E-state index in [-0.39, 0.29) is 16.9 Å². The van der Waals surface area contributed by atoms with Crippen LogP contribution in [0.15, 0.2) is 24.3 Å². The van der Waals surface area contributed by atoms with Crippen LogP contribution in [-0.2, 0) is 5.54 Å². The number of aromatic nitrogens is 2. The molecule has 1 aromatic carbocycles. The third-order valence-electron chi connectivity index (χ3n) is 4.90. The van der Waals surface area contributed by atoms with Crippen molar-refractivity contribution < 1.29 is 9.59 Å². The topological polar surface area (TPSA) is 104 Å². The molecule has 1 saturated carbocycles. The van der Waals surface area contributed by atoms with Gasteiger partial charge in [-0.15, -0.1) is 0 Å². The van der Waals surface area contributed by atoms with Crippen molar-refractivity contribution in [2.45, 2.75) is 31.2 Å². The zero-order valence-corrected chi connectivity index (χ0v) is 12.2. The van der Waals surface area contributed by atoms with Gasteiger partial charge in [-0.05, 0) is 31.2 Å². The summed E-state index contributed by atoms with van der Waals surface area (Å²) in [6, 6.07) is 7.97. The second-order valence-electron chi connectivity index (χ2n) is 6.39. The van der Waals surface area contributed by atoms with Crippen LogP contribution in [0.4, 0.5) is 0 Å². The Morgan fingerprint density at radius 3 is 2.55 bits per heavy atom. The normalized spacial score (nSPS) is 24.7. The fraction of sp³-hybridized carbons (Fsp3) is 0.312. The van der Waals surface area contributed by atoms with Gasteiger partial charge < -0.3 is 16.0 Å². The molecule has 5 rings (SSSR count). The lowest BCUT2D eigenvalue weighted by Gasteiger charge is -2.45. The Bertz CT molecular complexity index is 831. The van der Waals surface area contributed by atoms with E-state index in [1.165, 1.54) is 5.56 Å². The lowest BCUT2D eigenvalue weighted by atomic mass is 9.67. The third-order valence-corrected chi connectivity index (χ3v) is 4.90. The van der Waals surface area contributed by atoms with E-state index in [1.807, 2.05) is 22.8 Å². The summed E-state index contributed by atoms with van der Waals surface area (Å²) >= 11 is 0. The van der Waals surface area contributed by atoms with Gasteiger partial charge >= 0.3 is 0 Å². The van der Waals surface area contributed by atoms with Crippen molar-refractivity contribution in [2.24, 2.45) is 11.5 Å². The van der Waals surface area contributed by atoms with Gasteiger partial charge in [0.15, 0.2) is 5.69 Å². The Morgan fingerprint density at radius 1 is 1.23 bits per heavy atom. The van der Waals surface area contributed by atoms with Crippen LogP contribution in [0.25, 0.3) is 11.4 Å². The first kappa shape index (κ1) is 13.1. The fourth-order valence-electron chi connectivity index (χ4n) is 3.99. The summed E-state index contributed by atoms with van der Waals surface area (Å²) in [6.07, 6.45) is 1.79. The first-order valence-corrected chi connectivity index (χ1v) is 7.24. The average molecular weight is 296 g/mol. The average Bonchev–Trinajstić information content (AvgIpc) is 2.77. The second kappa shape index (κ2) is 3.97. The Morgan fingerprint density at radius 2 is 1.91 bits per heavy atom. The van der Waals surface area contributed by atoms with Gasteiger partial charge in [-0.2, -0.15) is 0 Å². The highest BCUT2D eigenvalue weighted by Gasteiger charge is 2.49. The van der Waals surface area contributed by atoms with E-state index < -0.39 is 11.8 Å². The lowest BCUT2D eigenvalue weighted by molar-refractivity contribution is 0.0928. The molecule has 3 aliphatic rings. The molecule has 0 radical (unpaired) electrons. The van der Waals surface area contributed by atoms with E-state index in [0.29, 0.717) is 11.7 Å². The third kappa shape index (κ3) is 1.46. The Kier molecular flexibility index (Phi) is 2.36. The van der Waals surface area contributed by atoms with Crippen molar-refractivity contribution in [1.82, 2.24) is 9.55 Å². The van der Waals surface area contributed by atoms with Crippen LogP contribution in [0.5, 0.6) is 0 Å². The van der Waals surface area contributed by atoms with Gasteiger partial charge in [0.2, 0.25) is 0 Å². The standard InChI is InChI=1S/C16H16N4O2/c1-16-6-8(7-16)9-4-2-3-5-10(9)15-19-11(13(17)21)12(14(18)22)20(15)16/h2-5,8H,6-7H2,1H3,(H2,17,21)(H2,18,22). The van der Waals surface area contributed by atoms with E-state index in [9.17, 15) is 9.59 Å². The van der Waals surface area contributed by atoms with E-state index in [0.717, 1.165) is 18.4 Å². The summed E-state index contributed by atoms with van der Waals surface area (Å²) in [5.41, 5.74) is 12.9. The molecular formula is C16H16N4O2. The molecule has 2 bridgehead atoms. The number of imidazole rings is 1. The number of amides is 2. The minimum atomic E-state index is -0.730. The lowest BCUT2D eigenvalue weighted by Crippen LogP contribution is -2.43. The Hall–Kier alpha value is -2.63. The number of nitrogens with two attached hydrogens (primary N) is 2. The zero-order valence-electron chi connectivity index (χ0n) is 12.2. The highest BCUT2D eigenvalue weighted by Crippen LogP contribution is 2.56. The van der Waals surface area contributed by atoms with E-state index in [1.54, 1.807) is 0 Å². The Balaban J connectivity index is 2.12. The summed E-state index contributed by atoms with van der Waals surface area (Å²) < 4.78 is 1.83. The smallest absolute Gasteiger partial charge is 0.269 e. The summed E-state index contributed by atoms with van der Waals surface area (Å²) in [7, 11) is 0. The minimum absolute atomic E-state index is 0.0381. The van der Waals surface area contributed by atoms with Crippen molar-refractivity contribution in [2.75, 3.05) is 0 Å². The van der Waals surface area contributed by atoms with Gasteiger partial charge in [0.1, 0.15) is 11.5 Å². The van der Waals surface area contributed by atoms with Crippen molar-refractivity contribution in [3.8, 4) is 11.4 Å². The molecule has 2 amide bonds. The molecule has 6 nitrogen and oxygen atoms in total. The van der Waals surface area contributed by atoms with E-state index in [4.69, 9.17) is 11.5 Å². The van der Waals surface area contributed by atoms with Gasteiger partial charge in [-0.1, -0.05) is 24.3 Å². The second-order valence-corrected chi connectivity index (χ2v) is 6.39. The molecule has 0 unspecified atom stereocenters. The van der Waals surface area contributed by atoms with Gasteiger partial charge in [-0.3, -0.25) is 9.59 Å². The number of primary amides is 2. The van der Waals surface area contributed by atoms with Crippen molar-refractivity contribution in [3.63, 3.8) is 0 Å². The highest BCUT2D eigenvalue weighted by molar-refractivity contribution is 6.05. The van der Waals surface area contributed by atoms with Gasteiger partial charge in [-0.25, -0.2) is 4.98 Å². The number of carbonyl (C=O) groups is 2. The molecule has 0 spiro atoms. The Labute approximate surface area is 127 Å². The largest absolute Gasteiger partial charge is 0.364 e. The molecule has 112 valence electrons. The molecule has 1 aliphatic carbocycles. The van der Waals surface area contributed by atoms with Gasteiger partial charge in [0, 0.05) is 11.1 Å². The van der Waals surface area contributed by atoms with Crippen LogP contribution in [-0.4, -0.2) is 21.4 Å². The molecule has 3 heterocycles. The highest BCUT2D eigenvalue weighted by atomic mass is 16.2. The number of hydrogen-bond acceptors (Lipinski definition) is 3. The van der Waals surface area contributed by atoms with E-state index >= 15 is 0 Å². The minimum Gasteiger partial charge on any atom is -0.364 e. The van der Waals surface area contributed by atoms with Crippen molar-refractivity contribution >= 4 is 11.8 Å². The first-order chi connectivity index (χ1) is 10.4. The molecule has 0 saturated heterocycles. The molecule has 4 N–H and O–H groups in total. The van der Waals surface area contributed by atoms with Crippen LogP contribution in [0, 0.1) is 0 Å². The number of hydrogen-bond donors (Lipinski definition) is 2. The summed E-state index contributed by atoms with van der Waals surface area (Å²) in [6.45, 7) is 2.07. The van der Waals surface area contributed by atoms with Gasteiger partial charge in [0.25, 0.3) is 11.8 Å². The van der Waals surface area contributed by atoms with E-state index in [2.05, 4.69) is 18.0 Å². The summed E-state index contributed by atoms with van der Waals surface area (Å²) in [5, 5.41) is 0. The molecule has 6 heteroatoms. The molecule has 1 aromatic heterocycles. The molecular weight excluding hydrogens is 280 g/mol. The van der Waals surface area contributed by atoms with Crippen molar-refractivity contribution in [1.29, 1.82) is 0 Å². The monoisotopic (exact) mass is 296 g/mol. The van der Waals surface area contributed by atoms with Crippen LogP contribution in [0.3, 0.4) is 0 Å². The predicted molar refractivity (Wildman–Crippen MR) is 80.3 cm³/mol. The molecule has 0 atom stereocenters. The quantitative estimate of drug-likeness (QED) is 0.874. The molecule has 1 fully saturated rings. The number of rotatable bonds is 2. The molecule has 22 heavy (non-hydrogen) atoms. The van der Waals surface area contributed by atoms with Gasteiger partial charge in [0.05, 0.1) is 0 Å². The summed E-state index contributed by atoms with van der Waals surface area (Å²) in [4.78, 5) is 28.0. The van der Waals surface area contributed by atoms with Crippen LogP contribution in [0.1, 0.15) is 52.2 Å². The SMILES string of the molecule is CC12CC(C1)c1ccccc1-c1nc(C(N)=O)c(C(N)=O)n12. The molecule has 2 aliphatic heterocycles. The fourth-order valence-corrected chi connectivity index (χ4v) is 3.99. The number of carbonyl (C=O) groups excluding carboxylic acids is 2.